The molecule has 0 aliphatic rings. The number of nitrogens with one attached hydrogen (secondary N) is 1. The number of rotatable bonds is 5. The van der Waals surface area contributed by atoms with Gasteiger partial charge in [-0.25, -0.2) is 18.1 Å². The highest BCUT2D eigenvalue weighted by Crippen LogP contribution is 2.18. The lowest BCUT2D eigenvalue weighted by molar-refractivity contribution is 0.180. The highest BCUT2D eigenvalue weighted by molar-refractivity contribution is 7.89. The highest BCUT2D eigenvalue weighted by atomic mass is 35.5. The Morgan fingerprint density at radius 2 is 2.31 bits per heavy atom. The minimum Gasteiger partial charge on any atom is -0.383 e. The molecule has 0 radical (unpaired) electrons. The summed E-state index contributed by atoms with van der Waals surface area (Å²) in [6, 6.07) is -0.340. The van der Waals surface area contributed by atoms with Crippen molar-refractivity contribution < 1.29 is 13.2 Å². The van der Waals surface area contributed by atoms with E-state index in [9.17, 15) is 8.42 Å². The molecule has 0 aliphatic carbocycles. The third-order valence-corrected chi connectivity index (χ3v) is 3.94. The van der Waals surface area contributed by atoms with E-state index in [4.69, 9.17) is 16.3 Å². The fraction of sp³-hybridized carbons (Fsp3) is 0.625. The van der Waals surface area contributed by atoms with E-state index in [0.29, 0.717) is 0 Å². The normalized spacial score (nSPS) is 14.0. The predicted molar refractivity (Wildman–Crippen MR) is 59.9 cm³/mol. The van der Waals surface area contributed by atoms with Crippen molar-refractivity contribution in [2.24, 2.45) is 7.05 Å². The second kappa shape index (κ2) is 5.13. The van der Waals surface area contributed by atoms with E-state index in [1.165, 1.54) is 18.0 Å². The number of aromatic nitrogens is 2. The van der Waals surface area contributed by atoms with Crippen molar-refractivity contribution in [2.45, 2.75) is 18.0 Å². The Balaban J connectivity index is 2.90. The zero-order valence-corrected chi connectivity index (χ0v) is 10.8. The van der Waals surface area contributed by atoms with Crippen LogP contribution in [0.1, 0.15) is 6.92 Å². The molecule has 0 aliphatic heterocycles. The van der Waals surface area contributed by atoms with E-state index in [1.54, 1.807) is 14.0 Å². The quantitative estimate of drug-likeness (QED) is 0.837. The van der Waals surface area contributed by atoms with E-state index in [0.717, 1.165) is 0 Å². The summed E-state index contributed by atoms with van der Waals surface area (Å²) >= 11 is 5.80. The number of methoxy groups -OCH3 is 1. The molecule has 0 unspecified atom stereocenters. The van der Waals surface area contributed by atoms with Crippen LogP contribution in [-0.2, 0) is 21.8 Å². The topological polar surface area (TPSA) is 73.2 Å². The molecule has 0 bridgehead atoms. The van der Waals surface area contributed by atoms with E-state index in [1.807, 2.05) is 0 Å². The number of ether oxygens (including phenoxy) is 1. The van der Waals surface area contributed by atoms with E-state index in [-0.39, 0.29) is 22.8 Å². The van der Waals surface area contributed by atoms with Gasteiger partial charge in [0.25, 0.3) is 10.0 Å². The highest BCUT2D eigenvalue weighted by Gasteiger charge is 2.23. The molecule has 8 heteroatoms. The first-order valence-corrected chi connectivity index (χ1v) is 6.42. The lowest BCUT2D eigenvalue weighted by atomic mass is 10.4. The van der Waals surface area contributed by atoms with Gasteiger partial charge < -0.3 is 9.30 Å². The van der Waals surface area contributed by atoms with Crippen molar-refractivity contribution in [2.75, 3.05) is 13.7 Å². The minimum atomic E-state index is -3.69. The molecular weight excluding hydrogens is 254 g/mol. The Kier molecular flexibility index (Phi) is 4.31. The Morgan fingerprint density at radius 3 is 2.75 bits per heavy atom. The summed E-state index contributed by atoms with van der Waals surface area (Å²) in [5.74, 6) is 0. The number of hydrogen-bond donors (Lipinski definition) is 1. The number of hydrogen-bond acceptors (Lipinski definition) is 4. The third kappa shape index (κ3) is 2.94. The molecular formula is C8H14ClN3O3S. The van der Waals surface area contributed by atoms with Gasteiger partial charge in [-0.1, -0.05) is 11.6 Å². The van der Waals surface area contributed by atoms with Gasteiger partial charge in [0, 0.05) is 20.2 Å². The molecule has 92 valence electrons. The third-order valence-electron chi connectivity index (χ3n) is 1.86. The first-order valence-electron chi connectivity index (χ1n) is 4.56. The van der Waals surface area contributed by atoms with Gasteiger partial charge in [0.15, 0.2) is 0 Å². The van der Waals surface area contributed by atoms with E-state index >= 15 is 0 Å². The van der Waals surface area contributed by atoms with Crippen molar-refractivity contribution in [3.05, 3.63) is 11.5 Å². The molecule has 1 rings (SSSR count). The lowest BCUT2D eigenvalue weighted by Crippen LogP contribution is -2.35. The molecule has 0 aromatic carbocycles. The van der Waals surface area contributed by atoms with Gasteiger partial charge in [-0.3, -0.25) is 0 Å². The molecule has 0 saturated carbocycles. The SMILES string of the molecule is COC[C@H](C)NS(=O)(=O)c1ncn(C)c1Cl. The Morgan fingerprint density at radius 1 is 1.69 bits per heavy atom. The molecule has 0 saturated heterocycles. The van der Waals surface area contributed by atoms with Gasteiger partial charge in [-0.15, -0.1) is 0 Å². The summed E-state index contributed by atoms with van der Waals surface area (Å²) in [5, 5.41) is -0.0864. The molecule has 1 heterocycles. The maximum Gasteiger partial charge on any atom is 0.261 e. The van der Waals surface area contributed by atoms with Crippen LogP contribution in [0.15, 0.2) is 11.4 Å². The first-order chi connectivity index (χ1) is 7.38. The maximum atomic E-state index is 11.8. The molecule has 1 aromatic rings. The van der Waals surface area contributed by atoms with E-state index < -0.39 is 10.0 Å². The number of sulfonamides is 1. The van der Waals surface area contributed by atoms with Crippen molar-refractivity contribution in [1.29, 1.82) is 0 Å². The smallest absolute Gasteiger partial charge is 0.261 e. The van der Waals surface area contributed by atoms with Crippen LogP contribution in [0.25, 0.3) is 0 Å². The van der Waals surface area contributed by atoms with Crippen molar-refractivity contribution in [3.63, 3.8) is 0 Å². The zero-order valence-electron chi connectivity index (χ0n) is 9.27. The van der Waals surface area contributed by atoms with Crippen LogP contribution in [0.4, 0.5) is 0 Å². The monoisotopic (exact) mass is 267 g/mol. The molecule has 1 N–H and O–H groups in total. The molecule has 1 atom stereocenters. The van der Waals surface area contributed by atoms with Crippen LogP contribution in [0, 0.1) is 0 Å². The summed E-state index contributed by atoms with van der Waals surface area (Å²) in [5.41, 5.74) is 0. The summed E-state index contributed by atoms with van der Waals surface area (Å²) in [4.78, 5) is 3.74. The summed E-state index contributed by atoms with van der Waals surface area (Å²) < 4.78 is 32.3. The van der Waals surface area contributed by atoms with Gasteiger partial charge in [-0.05, 0) is 6.92 Å². The maximum absolute atomic E-state index is 11.8. The first kappa shape index (κ1) is 13.4. The van der Waals surface area contributed by atoms with Crippen LogP contribution >= 0.6 is 11.6 Å². The second-order valence-corrected chi connectivity index (χ2v) is 5.42. The molecule has 0 amide bonds. The van der Waals surface area contributed by atoms with Crippen LogP contribution in [0.5, 0.6) is 0 Å². The van der Waals surface area contributed by atoms with Gasteiger partial charge >= 0.3 is 0 Å². The minimum absolute atomic E-state index is 0.0807. The van der Waals surface area contributed by atoms with Crippen molar-refractivity contribution >= 4 is 21.6 Å². The van der Waals surface area contributed by atoms with Crippen LogP contribution < -0.4 is 4.72 Å². The van der Waals surface area contributed by atoms with E-state index in [2.05, 4.69) is 9.71 Å². The van der Waals surface area contributed by atoms with Gasteiger partial charge in [0.1, 0.15) is 5.15 Å². The summed E-state index contributed by atoms with van der Waals surface area (Å²) in [7, 11) is -0.569. The Labute approximate surface area is 99.6 Å². The second-order valence-electron chi connectivity index (χ2n) is 3.43. The van der Waals surface area contributed by atoms with Crippen LogP contribution in [0.2, 0.25) is 5.15 Å². The van der Waals surface area contributed by atoms with Crippen LogP contribution in [-0.4, -0.2) is 37.7 Å². The van der Waals surface area contributed by atoms with Gasteiger partial charge in [-0.2, -0.15) is 0 Å². The predicted octanol–water partition coefficient (Wildman–Crippen LogP) is 0.387. The Hall–Kier alpha value is -0.630. The summed E-state index contributed by atoms with van der Waals surface area (Å²) in [6.45, 7) is 1.97. The molecule has 1 aromatic heterocycles. The average Bonchev–Trinajstić information content (AvgIpc) is 2.47. The van der Waals surface area contributed by atoms with Crippen LogP contribution in [0.3, 0.4) is 0 Å². The fourth-order valence-electron chi connectivity index (χ4n) is 1.18. The van der Waals surface area contributed by atoms with Gasteiger partial charge in [0.2, 0.25) is 5.03 Å². The number of imidazole rings is 1. The molecule has 16 heavy (non-hydrogen) atoms. The largest absolute Gasteiger partial charge is 0.383 e. The lowest BCUT2D eigenvalue weighted by Gasteiger charge is -2.11. The number of aryl methyl sites for hydroxylation is 1. The molecule has 0 spiro atoms. The number of halogens is 1. The fourth-order valence-corrected chi connectivity index (χ4v) is 2.84. The van der Waals surface area contributed by atoms with Gasteiger partial charge in [0.05, 0.1) is 12.9 Å². The number of nitrogens with zero attached hydrogens (tertiary/aromatic N) is 2. The Bertz CT molecular complexity index is 457. The zero-order chi connectivity index (χ0) is 12.3. The summed E-state index contributed by atoms with van der Waals surface area (Å²) in [6.07, 6.45) is 1.35. The van der Waals surface area contributed by atoms with Crippen molar-refractivity contribution in [3.8, 4) is 0 Å². The van der Waals surface area contributed by atoms with Crippen molar-refractivity contribution in [1.82, 2.24) is 14.3 Å². The average molecular weight is 268 g/mol. The standard InChI is InChI=1S/C8H14ClN3O3S/c1-6(4-15-3)11-16(13,14)8-7(9)12(2)5-10-8/h5-6,11H,4H2,1-3H3/t6-/m0/s1. The molecule has 0 fully saturated rings. The molecule has 6 nitrogen and oxygen atoms in total.